The largest absolute Gasteiger partial charge is 0.367 e. The molecule has 1 saturated carbocycles. The fourth-order valence-corrected chi connectivity index (χ4v) is 2.07. The van der Waals surface area contributed by atoms with Crippen molar-refractivity contribution in [3.8, 4) is 0 Å². The maximum Gasteiger partial charge on any atom is 0.0569 e. The molecule has 2 N–H and O–H groups in total. The number of nitrogens with two attached hydrogens (primary N) is 1. The second-order valence-corrected chi connectivity index (χ2v) is 5.01. The minimum Gasteiger partial charge on any atom is -0.367 e. The number of anilines is 1. The summed E-state index contributed by atoms with van der Waals surface area (Å²) in [5, 5.41) is 0. The Kier molecular flexibility index (Phi) is 4.00. The molecule has 1 aliphatic rings. The Bertz CT molecular complexity index is 341. The van der Waals surface area contributed by atoms with Gasteiger partial charge in [-0.05, 0) is 38.3 Å². The Hall–Kier alpha value is -1.09. The molecule has 3 heteroatoms. The maximum absolute atomic E-state index is 5.82. The normalized spacial score (nSPS) is 16.9. The predicted molar refractivity (Wildman–Crippen MR) is 72.1 cm³/mol. The van der Waals surface area contributed by atoms with Gasteiger partial charge in [0.1, 0.15) is 0 Å². The summed E-state index contributed by atoms with van der Waals surface area (Å²) in [4.78, 5) is 6.95. The summed E-state index contributed by atoms with van der Waals surface area (Å²) in [6.45, 7) is 5.36. The lowest BCUT2D eigenvalue weighted by molar-refractivity contribution is 0.709. The van der Waals surface area contributed by atoms with Gasteiger partial charge < -0.3 is 10.6 Å². The number of unbranched alkanes of at least 4 members (excludes halogenated alkanes) is 1. The van der Waals surface area contributed by atoms with Gasteiger partial charge in [0.05, 0.1) is 17.6 Å². The molecule has 3 nitrogen and oxygen atoms in total. The Morgan fingerprint density at radius 2 is 2.24 bits per heavy atom. The van der Waals surface area contributed by atoms with Crippen LogP contribution in [0.3, 0.4) is 0 Å². The number of hydrogen-bond donors (Lipinski definition) is 1. The van der Waals surface area contributed by atoms with Crippen molar-refractivity contribution >= 4 is 5.69 Å². The molecule has 1 aliphatic carbocycles. The van der Waals surface area contributed by atoms with Crippen molar-refractivity contribution < 1.29 is 0 Å². The van der Waals surface area contributed by atoms with E-state index in [1.807, 2.05) is 13.1 Å². The fourth-order valence-electron chi connectivity index (χ4n) is 2.07. The lowest BCUT2D eigenvalue weighted by Gasteiger charge is -2.24. The van der Waals surface area contributed by atoms with Gasteiger partial charge in [0.2, 0.25) is 0 Å². The van der Waals surface area contributed by atoms with Crippen LogP contribution in [0.1, 0.15) is 51.3 Å². The Balaban J connectivity index is 2.07. The third-order valence-corrected chi connectivity index (χ3v) is 3.31. The topological polar surface area (TPSA) is 42.1 Å². The number of hydrogen-bond acceptors (Lipinski definition) is 3. The highest BCUT2D eigenvalue weighted by atomic mass is 15.2. The van der Waals surface area contributed by atoms with Gasteiger partial charge >= 0.3 is 0 Å². The Labute approximate surface area is 104 Å². The van der Waals surface area contributed by atoms with Gasteiger partial charge in [-0.25, -0.2) is 0 Å². The van der Waals surface area contributed by atoms with Crippen LogP contribution < -0.4 is 10.6 Å². The Morgan fingerprint density at radius 1 is 1.47 bits per heavy atom. The van der Waals surface area contributed by atoms with E-state index >= 15 is 0 Å². The van der Waals surface area contributed by atoms with Gasteiger partial charge in [0, 0.05) is 18.6 Å². The number of rotatable bonds is 6. The highest BCUT2D eigenvalue weighted by Crippen LogP contribution is 2.31. The van der Waals surface area contributed by atoms with E-state index < -0.39 is 0 Å². The molecule has 0 aromatic carbocycles. The monoisotopic (exact) mass is 233 g/mol. The van der Waals surface area contributed by atoms with E-state index in [4.69, 9.17) is 5.73 Å². The quantitative estimate of drug-likeness (QED) is 0.821. The van der Waals surface area contributed by atoms with Crippen LogP contribution in [0.5, 0.6) is 0 Å². The van der Waals surface area contributed by atoms with Crippen LogP contribution in [0.2, 0.25) is 0 Å². The van der Waals surface area contributed by atoms with Crippen molar-refractivity contribution in [1.29, 1.82) is 0 Å². The molecule has 1 aromatic heterocycles. The van der Waals surface area contributed by atoms with Gasteiger partial charge in [0.25, 0.3) is 0 Å². The van der Waals surface area contributed by atoms with Crippen LogP contribution in [0.15, 0.2) is 18.3 Å². The van der Waals surface area contributed by atoms with E-state index in [9.17, 15) is 0 Å². The minimum atomic E-state index is 0.0223. The van der Waals surface area contributed by atoms with Crippen molar-refractivity contribution in [3.05, 3.63) is 24.0 Å². The molecule has 2 rings (SSSR count). The van der Waals surface area contributed by atoms with Crippen molar-refractivity contribution in [2.75, 3.05) is 11.4 Å². The maximum atomic E-state index is 5.82. The Morgan fingerprint density at radius 3 is 2.71 bits per heavy atom. The molecule has 94 valence electrons. The molecule has 17 heavy (non-hydrogen) atoms. The number of nitrogens with zero attached hydrogens (tertiary/aromatic N) is 2. The van der Waals surface area contributed by atoms with Crippen LogP contribution in [-0.2, 0) is 0 Å². The third kappa shape index (κ3) is 3.19. The molecule has 0 amide bonds. The lowest BCUT2D eigenvalue weighted by Crippen LogP contribution is -2.27. The van der Waals surface area contributed by atoms with Crippen molar-refractivity contribution in [3.63, 3.8) is 0 Å². The molecule has 1 heterocycles. The summed E-state index contributed by atoms with van der Waals surface area (Å²) in [6.07, 6.45) is 7.14. The van der Waals surface area contributed by atoms with E-state index in [-0.39, 0.29) is 6.04 Å². The molecular formula is C14H23N3. The van der Waals surface area contributed by atoms with Crippen LogP contribution in [0.25, 0.3) is 0 Å². The first-order valence-corrected chi connectivity index (χ1v) is 6.70. The van der Waals surface area contributed by atoms with E-state index in [1.54, 1.807) is 0 Å². The second kappa shape index (κ2) is 5.50. The van der Waals surface area contributed by atoms with E-state index in [2.05, 4.69) is 28.9 Å². The smallest absolute Gasteiger partial charge is 0.0569 e. The summed E-state index contributed by atoms with van der Waals surface area (Å²) in [6, 6.07) is 5.00. The van der Waals surface area contributed by atoms with Crippen LogP contribution in [-0.4, -0.2) is 17.6 Å². The molecule has 0 unspecified atom stereocenters. The molecule has 0 aliphatic heterocycles. The predicted octanol–water partition coefficient (Wildman–Crippen LogP) is 2.87. The SMILES string of the molecule is CCCCN(c1ccc([C@@H](C)N)nc1)C1CC1. The van der Waals surface area contributed by atoms with Gasteiger partial charge in [-0.2, -0.15) is 0 Å². The molecule has 1 fully saturated rings. The highest BCUT2D eigenvalue weighted by molar-refractivity contribution is 5.47. The van der Waals surface area contributed by atoms with Crippen molar-refractivity contribution in [2.45, 2.75) is 51.6 Å². The van der Waals surface area contributed by atoms with Gasteiger partial charge in [0.15, 0.2) is 0 Å². The van der Waals surface area contributed by atoms with Gasteiger partial charge in [-0.1, -0.05) is 13.3 Å². The first-order chi connectivity index (χ1) is 8.22. The highest BCUT2D eigenvalue weighted by Gasteiger charge is 2.28. The fraction of sp³-hybridized carbons (Fsp3) is 0.643. The third-order valence-electron chi connectivity index (χ3n) is 3.31. The summed E-state index contributed by atoms with van der Waals surface area (Å²) < 4.78 is 0. The zero-order chi connectivity index (χ0) is 12.3. The molecule has 0 saturated heterocycles. The van der Waals surface area contributed by atoms with E-state index in [0.717, 1.165) is 18.3 Å². The molecule has 0 bridgehead atoms. The standard InChI is InChI=1S/C14H23N3/c1-3-4-9-17(12-5-6-12)13-7-8-14(11(2)15)16-10-13/h7-8,10-12H,3-6,9,15H2,1-2H3/t11-/m1/s1. The number of aromatic nitrogens is 1. The van der Waals surface area contributed by atoms with Gasteiger partial charge in [-0.3, -0.25) is 4.98 Å². The summed E-state index contributed by atoms with van der Waals surface area (Å²) in [7, 11) is 0. The van der Waals surface area contributed by atoms with Crippen LogP contribution in [0, 0.1) is 0 Å². The first-order valence-electron chi connectivity index (χ1n) is 6.70. The minimum absolute atomic E-state index is 0.0223. The first kappa shape index (κ1) is 12.4. The second-order valence-electron chi connectivity index (χ2n) is 5.01. The molecule has 1 aromatic rings. The average Bonchev–Trinajstić information content (AvgIpc) is 3.14. The zero-order valence-electron chi connectivity index (χ0n) is 10.9. The van der Waals surface area contributed by atoms with Crippen LogP contribution in [0.4, 0.5) is 5.69 Å². The van der Waals surface area contributed by atoms with Gasteiger partial charge in [-0.15, -0.1) is 0 Å². The summed E-state index contributed by atoms with van der Waals surface area (Å²) in [5.74, 6) is 0. The molecule has 1 atom stereocenters. The molecule has 0 radical (unpaired) electrons. The van der Waals surface area contributed by atoms with Crippen molar-refractivity contribution in [1.82, 2.24) is 4.98 Å². The number of pyridine rings is 1. The molecule has 0 spiro atoms. The zero-order valence-corrected chi connectivity index (χ0v) is 10.9. The summed E-state index contributed by atoms with van der Waals surface area (Å²) in [5.41, 5.74) is 8.04. The van der Waals surface area contributed by atoms with E-state index in [1.165, 1.54) is 31.4 Å². The van der Waals surface area contributed by atoms with E-state index in [0.29, 0.717) is 0 Å². The average molecular weight is 233 g/mol. The summed E-state index contributed by atoms with van der Waals surface area (Å²) >= 11 is 0. The molecular weight excluding hydrogens is 210 g/mol. The lowest BCUT2D eigenvalue weighted by atomic mass is 10.2. The van der Waals surface area contributed by atoms with Crippen LogP contribution >= 0.6 is 0 Å². The van der Waals surface area contributed by atoms with Crippen molar-refractivity contribution in [2.24, 2.45) is 5.73 Å².